The molecule has 1 aromatic carbocycles. The minimum absolute atomic E-state index is 0.238. The topological polar surface area (TPSA) is 61.5 Å². The average molecular weight is 209 g/mol. The number of carbonyl (C=O) groups excluding carboxylic acids is 1. The predicted octanol–water partition coefficient (Wildman–Crippen LogP) is 1.38. The summed E-state index contributed by atoms with van der Waals surface area (Å²) >= 11 is 0. The number of benzene rings is 1. The first-order valence-corrected chi connectivity index (χ1v) is 4.75. The van der Waals surface area contributed by atoms with Crippen molar-refractivity contribution in [3.63, 3.8) is 0 Å². The summed E-state index contributed by atoms with van der Waals surface area (Å²) in [6.45, 7) is 2.17. The van der Waals surface area contributed by atoms with Gasteiger partial charge in [0.15, 0.2) is 0 Å². The molecule has 0 aliphatic carbocycles. The van der Waals surface area contributed by atoms with Crippen LogP contribution in [0.1, 0.15) is 12.5 Å². The Morgan fingerprint density at radius 3 is 2.73 bits per heavy atom. The minimum atomic E-state index is -0.248. The molecule has 2 N–H and O–H groups in total. The fraction of sp³-hybridized carbons (Fsp3) is 0.364. The Balaban J connectivity index is 2.71. The summed E-state index contributed by atoms with van der Waals surface area (Å²) in [6.07, 6.45) is 0.238. The molecule has 0 aliphatic heterocycles. The third-order valence-corrected chi connectivity index (χ3v) is 1.95. The molecule has 0 fully saturated rings. The average Bonchev–Trinajstić information content (AvgIpc) is 2.18. The molecule has 0 bridgehead atoms. The van der Waals surface area contributed by atoms with Crippen molar-refractivity contribution in [3.05, 3.63) is 23.8 Å². The van der Waals surface area contributed by atoms with Gasteiger partial charge in [-0.3, -0.25) is 4.79 Å². The fourth-order valence-electron chi connectivity index (χ4n) is 1.27. The molecular formula is C11H15NO3. The van der Waals surface area contributed by atoms with E-state index >= 15 is 0 Å². The number of esters is 1. The molecule has 0 saturated carbocycles. The van der Waals surface area contributed by atoms with E-state index in [0.717, 1.165) is 5.56 Å². The Labute approximate surface area is 89.0 Å². The lowest BCUT2D eigenvalue weighted by Crippen LogP contribution is -2.07. The maximum atomic E-state index is 11.2. The molecule has 0 aliphatic rings. The Kier molecular flexibility index (Phi) is 3.97. The number of nitrogens with two attached hydrogens (primary N) is 1. The van der Waals surface area contributed by atoms with Gasteiger partial charge in [0.25, 0.3) is 0 Å². The van der Waals surface area contributed by atoms with Crippen LogP contribution in [-0.4, -0.2) is 19.7 Å². The molecule has 0 saturated heterocycles. The van der Waals surface area contributed by atoms with Crippen molar-refractivity contribution >= 4 is 11.7 Å². The minimum Gasteiger partial charge on any atom is -0.495 e. The molecule has 0 unspecified atom stereocenters. The molecule has 15 heavy (non-hydrogen) atoms. The Bertz CT molecular complexity index is 350. The molecule has 0 amide bonds. The Hall–Kier alpha value is -1.71. The first-order chi connectivity index (χ1) is 7.17. The number of hydrogen-bond donors (Lipinski definition) is 1. The van der Waals surface area contributed by atoms with Crippen LogP contribution < -0.4 is 10.5 Å². The van der Waals surface area contributed by atoms with Gasteiger partial charge in [-0.1, -0.05) is 6.07 Å². The van der Waals surface area contributed by atoms with Gasteiger partial charge in [-0.05, 0) is 24.6 Å². The van der Waals surface area contributed by atoms with Crippen LogP contribution in [0.3, 0.4) is 0 Å². The van der Waals surface area contributed by atoms with Gasteiger partial charge < -0.3 is 15.2 Å². The van der Waals surface area contributed by atoms with E-state index in [4.69, 9.17) is 15.2 Å². The molecule has 0 heterocycles. The van der Waals surface area contributed by atoms with Crippen LogP contribution in [0.4, 0.5) is 5.69 Å². The molecule has 4 nitrogen and oxygen atoms in total. The maximum absolute atomic E-state index is 11.2. The molecule has 4 heteroatoms. The largest absolute Gasteiger partial charge is 0.495 e. The smallest absolute Gasteiger partial charge is 0.310 e. The summed E-state index contributed by atoms with van der Waals surface area (Å²) in [5, 5.41) is 0. The van der Waals surface area contributed by atoms with Crippen molar-refractivity contribution in [2.75, 3.05) is 19.5 Å². The molecule has 0 radical (unpaired) electrons. The lowest BCUT2D eigenvalue weighted by atomic mass is 10.1. The quantitative estimate of drug-likeness (QED) is 0.601. The summed E-state index contributed by atoms with van der Waals surface area (Å²) in [5.41, 5.74) is 7.06. The second kappa shape index (κ2) is 5.24. The molecule has 0 aromatic heterocycles. The van der Waals surface area contributed by atoms with Crippen molar-refractivity contribution < 1.29 is 14.3 Å². The van der Waals surface area contributed by atoms with Crippen LogP contribution in [0.15, 0.2) is 18.2 Å². The van der Waals surface area contributed by atoms with Crippen LogP contribution >= 0.6 is 0 Å². The standard InChI is InChI=1S/C11H15NO3/c1-3-15-11(13)7-8-4-5-10(14-2)9(12)6-8/h4-6H,3,7,12H2,1-2H3. The summed E-state index contributed by atoms with van der Waals surface area (Å²) in [7, 11) is 1.55. The fourth-order valence-corrected chi connectivity index (χ4v) is 1.27. The van der Waals surface area contributed by atoms with Gasteiger partial charge >= 0.3 is 5.97 Å². The van der Waals surface area contributed by atoms with E-state index < -0.39 is 0 Å². The van der Waals surface area contributed by atoms with E-state index in [2.05, 4.69) is 0 Å². The number of methoxy groups -OCH3 is 1. The summed E-state index contributed by atoms with van der Waals surface area (Å²) < 4.78 is 9.84. The van der Waals surface area contributed by atoms with Gasteiger partial charge in [0.05, 0.1) is 25.8 Å². The SMILES string of the molecule is CCOC(=O)Cc1ccc(OC)c(N)c1. The third kappa shape index (κ3) is 3.16. The number of rotatable bonds is 4. The second-order valence-corrected chi connectivity index (χ2v) is 3.06. The molecule has 1 aromatic rings. The van der Waals surface area contributed by atoms with Crippen LogP contribution in [0.2, 0.25) is 0 Å². The highest BCUT2D eigenvalue weighted by Gasteiger charge is 2.06. The highest BCUT2D eigenvalue weighted by atomic mass is 16.5. The zero-order valence-electron chi connectivity index (χ0n) is 8.95. The van der Waals surface area contributed by atoms with Gasteiger partial charge in [0.1, 0.15) is 5.75 Å². The highest BCUT2D eigenvalue weighted by Crippen LogP contribution is 2.22. The van der Waals surface area contributed by atoms with E-state index in [1.54, 1.807) is 32.2 Å². The van der Waals surface area contributed by atoms with Crippen molar-refractivity contribution in [1.29, 1.82) is 0 Å². The molecule has 0 atom stereocenters. The van der Waals surface area contributed by atoms with Crippen molar-refractivity contribution in [3.8, 4) is 5.75 Å². The van der Waals surface area contributed by atoms with Crippen LogP contribution in [-0.2, 0) is 16.0 Å². The number of hydrogen-bond acceptors (Lipinski definition) is 4. The third-order valence-electron chi connectivity index (χ3n) is 1.95. The van der Waals surface area contributed by atoms with Gasteiger partial charge in [-0.25, -0.2) is 0 Å². The summed E-state index contributed by atoms with van der Waals surface area (Å²) in [4.78, 5) is 11.2. The zero-order valence-corrected chi connectivity index (χ0v) is 8.95. The highest BCUT2D eigenvalue weighted by molar-refractivity contribution is 5.73. The first-order valence-electron chi connectivity index (χ1n) is 4.75. The molecular weight excluding hydrogens is 194 g/mol. The normalized spacial score (nSPS) is 9.73. The number of anilines is 1. The van der Waals surface area contributed by atoms with E-state index in [1.807, 2.05) is 0 Å². The van der Waals surface area contributed by atoms with Crippen LogP contribution in [0.25, 0.3) is 0 Å². The Morgan fingerprint density at radius 1 is 1.47 bits per heavy atom. The lowest BCUT2D eigenvalue weighted by Gasteiger charge is -2.06. The van der Waals surface area contributed by atoms with Crippen LogP contribution in [0.5, 0.6) is 5.75 Å². The van der Waals surface area contributed by atoms with Gasteiger partial charge in [0, 0.05) is 0 Å². The van der Waals surface area contributed by atoms with Crippen molar-refractivity contribution in [1.82, 2.24) is 0 Å². The number of ether oxygens (including phenoxy) is 2. The lowest BCUT2D eigenvalue weighted by molar-refractivity contribution is -0.142. The molecule has 0 spiro atoms. The van der Waals surface area contributed by atoms with Crippen molar-refractivity contribution in [2.24, 2.45) is 0 Å². The second-order valence-electron chi connectivity index (χ2n) is 3.06. The van der Waals surface area contributed by atoms with Gasteiger partial charge in [-0.15, -0.1) is 0 Å². The zero-order chi connectivity index (χ0) is 11.3. The van der Waals surface area contributed by atoms with Crippen LogP contribution in [0, 0.1) is 0 Å². The van der Waals surface area contributed by atoms with Gasteiger partial charge in [0.2, 0.25) is 0 Å². The van der Waals surface area contributed by atoms with E-state index in [9.17, 15) is 4.79 Å². The van der Waals surface area contributed by atoms with E-state index in [1.165, 1.54) is 0 Å². The number of nitrogen functional groups attached to an aromatic ring is 1. The summed E-state index contributed by atoms with van der Waals surface area (Å²) in [6, 6.07) is 5.26. The first kappa shape index (κ1) is 11.4. The van der Waals surface area contributed by atoms with Gasteiger partial charge in [-0.2, -0.15) is 0 Å². The van der Waals surface area contributed by atoms with E-state index in [0.29, 0.717) is 18.0 Å². The maximum Gasteiger partial charge on any atom is 0.310 e. The predicted molar refractivity (Wildman–Crippen MR) is 57.7 cm³/mol. The monoisotopic (exact) mass is 209 g/mol. The van der Waals surface area contributed by atoms with E-state index in [-0.39, 0.29) is 12.4 Å². The number of carbonyl (C=O) groups is 1. The van der Waals surface area contributed by atoms with Crippen molar-refractivity contribution in [2.45, 2.75) is 13.3 Å². The summed E-state index contributed by atoms with van der Waals surface area (Å²) in [5.74, 6) is 0.365. The molecule has 82 valence electrons. The molecule has 1 rings (SSSR count). The Morgan fingerprint density at radius 2 is 2.20 bits per heavy atom.